The van der Waals surface area contributed by atoms with Crippen molar-refractivity contribution in [2.45, 2.75) is 53.1 Å². The van der Waals surface area contributed by atoms with Gasteiger partial charge in [-0.25, -0.2) is 0 Å². The number of aliphatic hydroxyl groups excluding tert-OH is 1. The molecule has 1 amide bonds. The first-order valence-corrected chi connectivity index (χ1v) is 12.2. The Kier molecular flexibility index (Phi) is 11.7. The quantitative estimate of drug-likeness (QED) is 0.504. The average molecular weight is 448 g/mol. The number of hydrogen-bond donors (Lipinski definition) is 2. The molecule has 182 valence electrons. The fourth-order valence-electron chi connectivity index (χ4n) is 4.05. The molecule has 0 aromatic heterocycles. The van der Waals surface area contributed by atoms with Gasteiger partial charge in [-0.15, -0.1) is 0 Å². The number of aliphatic hydroxyl groups is 1. The first-order chi connectivity index (χ1) is 15.3. The third-order valence-electron chi connectivity index (χ3n) is 6.37. The van der Waals surface area contributed by atoms with E-state index in [1.807, 2.05) is 19.1 Å². The van der Waals surface area contributed by atoms with Gasteiger partial charge in [0.15, 0.2) is 0 Å². The number of carbonyl (C=O) groups is 1. The number of hydrogen-bond acceptors (Lipinski definition) is 5. The predicted octanol–water partition coefficient (Wildman–Crippen LogP) is 3.00. The van der Waals surface area contributed by atoms with Crippen LogP contribution in [0.5, 0.6) is 0 Å². The Morgan fingerprint density at radius 1 is 1.16 bits per heavy atom. The lowest BCUT2D eigenvalue weighted by Gasteiger charge is -2.36. The fraction of sp³-hybridized carbons (Fsp3) is 0.731. The molecule has 6 nitrogen and oxygen atoms in total. The lowest BCUT2D eigenvalue weighted by atomic mass is 9.87. The van der Waals surface area contributed by atoms with Gasteiger partial charge in [-0.3, -0.25) is 9.69 Å². The van der Waals surface area contributed by atoms with Gasteiger partial charge < -0.3 is 20.1 Å². The molecule has 2 heterocycles. The van der Waals surface area contributed by atoms with E-state index in [0.717, 1.165) is 65.3 Å². The minimum Gasteiger partial charge on any atom is -0.391 e. The van der Waals surface area contributed by atoms with Gasteiger partial charge in [0, 0.05) is 39.1 Å². The van der Waals surface area contributed by atoms with Crippen molar-refractivity contribution in [3.05, 3.63) is 36.0 Å². The molecule has 2 aliphatic heterocycles. The number of carbonyl (C=O) groups excluding carboxylic acids is 1. The Balaban J connectivity index is 1.65. The van der Waals surface area contributed by atoms with E-state index in [0.29, 0.717) is 18.9 Å². The second-order valence-electron chi connectivity index (χ2n) is 10.2. The SMILES string of the molecule is C\C=C/C(=C\C=C\CNC(=O)CC1CCN(CC(O)C(C)(C)C)CC1)CN1CCOCC1. The van der Waals surface area contributed by atoms with Crippen LogP contribution in [0, 0.1) is 11.3 Å². The standard InChI is InChI=1S/C26H45N3O3/c1-5-8-23(20-29-15-17-32-18-16-29)9-6-7-12-27-25(31)19-22-10-13-28(14-11-22)21-24(30)26(2,3)4/h5-9,22,24,30H,10-21H2,1-4H3,(H,27,31)/b7-6+,8-5-,23-9+. The van der Waals surface area contributed by atoms with Crippen LogP contribution in [0.25, 0.3) is 0 Å². The number of allylic oxidation sites excluding steroid dienone is 3. The first-order valence-electron chi connectivity index (χ1n) is 12.2. The van der Waals surface area contributed by atoms with Crippen molar-refractivity contribution in [2.75, 3.05) is 59.0 Å². The van der Waals surface area contributed by atoms with Crippen LogP contribution in [-0.2, 0) is 9.53 Å². The summed E-state index contributed by atoms with van der Waals surface area (Å²) < 4.78 is 5.42. The molecule has 0 saturated carbocycles. The maximum absolute atomic E-state index is 12.3. The summed E-state index contributed by atoms with van der Waals surface area (Å²) >= 11 is 0. The number of β-amino-alcohol motifs (C(OH)–C–C–N with tert-alkyl or cyclic N) is 1. The maximum atomic E-state index is 12.3. The third-order valence-corrected chi connectivity index (χ3v) is 6.37. The van der Waals surface area contributed by atoms with Crippen molar-refractivity contribution in [2.24, 2.45) is 11.3 Å². The van der Waals surface area contributed by atoms with Gasteiger partial charge >= 0.3 is 0 Å². The summed E-state index contributed by atoms with van der Waals surface area (Å²) in [6.45, 7) is 16.0. The van der Waals surface area contributed by atoms with Crippen molar-refractivity contribution in [3.63, 3.8) is 0 Å². The molecular weight excluding hydrogens is 402 g/mol. The van der Waals surface area contributed by atoms with Crippen LogP contribution < -0.4 is 5.32 Å². The van der Waals surface area contributed by atoms with Gasteiger partial charge in [0.2, 0.25) is 5.91 Å². The smallest absolute Gasteiger partial charge is 0.220 e. The van der Waals surface area contributed by atoms with E-state index in [1.54, 1.807) is 0 Å². The van der Waals surface area contributed by atoms with Gasteiger partial charge in [-0.1, -0.05) is 51.2 Å². The Morgan fingerprint density at radius 2 is 1.84 bits per heavy atom. The maximum Gasteiger partial charge on any atom is 0.220 e. The summed E-state index contributed by atoms with van der Waals surface area (Å²) in [6.07, 6.45) is 12.7. The minimum atomic E-state index is -0.314. The van der Waals surface area contributed by atoms with E-state index < -0.39 is 0 Å². The Bertz CT molecular complexity index is 637. The van der Waals surface area contributed by atoms with Crippen LogP contribution >= 0.6 is 0 Å². The summed E-state index contributed by atoms with van der Waals surface area (Å²) in [5.41, 5.74) is 1.18. The van der Waals surface area contributed by atoms with Crippen LogP contribution in [0.15, 0.2) is 36.0 Å². The topological polar surface area (TPSA) is 65.0 Å². The molecule has 1 atom stereocenters. The van der Waals surface area contributed by atoms with Crippen LogP contribution in [0.1, 0.15) is 47.0 Å². The minimum absolute atomic E-state index is 0.0878. The van der Waals surface area contributed by atoms with E-state index >= 15 is 0 Å². The van der Waals surface area contributed by atoms with E-state index in [-0.39, 0.29) is 17.4 Å². The summed E-state index contributed by atoms with van der Waals surface area (Å²) in [5.74, 6) is 0.575. The molecule has 0 aromatic rings. The molecule has 0 aromatic carbocycles. The molecule has 1 unspecified atom stereocenters. The molecule has 2 N–H and O–H groups in total. The number of morpholine rings is 1. The first kappa shape index (κ1) is 26.8. The molecule has 2 aliphatic rings. The predicted molar refractivity (Wildman–Crippen MR) is 132 cm³/mol. The number of ether oxygens (including phenoxy) is 1. The van der Waals surface area contributed by atoms with Gasteiger partial charge in [0.05, 0.1) is 19.3 Å². The molecule has 0 bridgehead atoms. The summed E-state index contributed by atoms with van der Waals surface area (Å²) in [5, 5.41) is 13.3. The van der Waals surface area contributed by atoms with E-state index in [9.17, 15) is 9.90 Å². The van der Waals surface area contributed by atoms with Crippen molar-refractivity contribution in [1.29, 1.82) is 0 Å². The Morgan fingerprint density at radius 3 is 2.47 bits per heavy atom. The molecule has 2 saturated heterocycles. The summed E-state index contributed by atoms with van der Waals surface area (Å²) in [7, 11) is 0. The number of rotatable bonds is 10. The zero-order chi connectivity index (χ0) is 23.4. The number of amides is 1. The molecule has 0 spiro atoms. The van der Waals surface area contributed by atoms with Crippen molar-refractivity contribution in [1.82, 2.24) is 15.1 Å². The van der Waals surface area contributed by atoms with Gasteiger partial charge in [0.1, 0.15) is 0 Å². The van der Waals surface area contributed by atoms with Gasteiger partial charge in [-0.2, -0.15) is 0 Å². The van der Waals surface area contributed by atoms with Crippen LogP contribution in [-0.4, -0.2) is 85.9 Å². The van der Waals surface area contributed by atoms with Gasteiger partial charge in [-0.05, 0) is 49.8 Å². The normalized spacial score (nSPS) is 21.5. The number of piperidine rings is 1. The molecule has 32 heavy (non-hydrogen) atoms. The zero-order valence-electron chi connectivity index (χ0n) is 20.7. The highest BCUT2D eigenvalue weighted by molar-refractivity contribution is 5.76. The molecular formula is C26H45N3O3. The monoisotopic (exact) mass is 447 g/mol. The highest BCUT2D eigenvalue weighted by atomic mass is 16.5. The zero-order valence-corrected chi connectivity index (χ0v) is 20.7. The molecule has 0 radical (unpaired) electrons. The number of nitrogens with one attached hydrogen (secondary N) is 1. The van der Waals surface area contributed by atoms with Crippen LogP contribution in [0.4, 0.5) is 0 Å². The van der Waals surface area contributed by atoms with Crippen LogP contribution in [0.2, 0.25) is 0 Å². The largest absolute Gasteiger partial charge is 0.391 e. The fourth-order valence-corrected chi connectivity index (χ4v) is 4.05. The average Bonchev–Trinajstić information content (AvgIpc) is 2.75. The lowest BCUT2D eigenvalue weighted by molar-refractivity contribution is -0.122. The van der Waals surface area contributed by atoms with Crippen LogP contribution in [0.3, 0.4) is 0 Å². The molecule has 0 aliphatic carbocycles. The van der Waals surface area contributed by atoms with Crippen molar-refractivity contribution < 1.29 is 14.6 Å². The van der Waals surface area contributed by atoms with E-state index in [4.69, 9.17) is 4.74 Å². The summed E-state index contributed by atoms with van der Waals surface area (Å²) in [6, 6.07) is 0. The van der Waals surface area contributed by atoms with E-state index in [1.165, 1.54) is 5.57 Å². The lowest BCUT2D eigenvalue weighted by Crippen LogP contribution is -2.43. The molecule has 2 rings (SSSR count). The Hall–Kier alpha value is -1.47. The van der Waals surface area contributed by atoms with E-state index in [2.05, 4.69) is 54.1 Å². The number of likely N-dealkylation sites (tertiary alicyclic amines) is 1. The highest BCUT2D eigenvalue weighted by Crippen LogP contribution is 2.24. The van der Waals surface area contributed by atoms with Crippen molar-refractivity contribution in [3.8, 4) is 0 Å². The third kappa shape index (κ3) is 10.4. The molecule has 6 heteroatoms. The Labute approximate surface area is 195 Å². The van der Waals surface area contributed by atoms with Crippen molar-refractivity contribution >= 4 is 5.91 Å². The summed E-state index contributed by atoms with van der Waals surface area (Å²) in [4.78, 5) is 17.1. The molecule has 2 fully saturated rings. The second kappa shape index (κ2) is 13.9. The highest BCUT2D eigenvalue weighted by Gasteiger charge is 2.27. The van der Waals surface area contributed by atoms with Gasteiger partial charge in [0.25, 0.3) is 0 Å². The second-order valence-corrected chi connectivity index (χ2v) is 10.2. The number of nitrogens with zero attached hydrogens (tertiary/aromatic N) is 2.